The SMILES string of the molecule is CNC(=O)c1ccc(CN(C)CC(=O)NCc2ccco2)cc1. The number of amides is 2. The number of hydrogen-bond donors (Lipinski definition) is 2. The molecule has 23 heavy (non-hydrogen) atoms. The zero-order chi connectivity index (χ0) is 16.7. The number of hydrogen-bond acceptors (Lipinski definition) is 4. The van der Waals surface area contributed by atoms with Crippen LogP contribution in [0.5, 0.6) is 0 Å². The van der Waals surface area contributed by atoms with Crippen molar-refractivity contribution in [2.45, 2.75) is 13.1 Å². The molecule has 0 unspecified atom stereocenters. The molecule has 2 amide bonds. The maximum Gasteiger partial charge on any atom is 0.251 e. The summed E-state index contributed by atoms with van der Waals surface area (Å²) in [5.41, 5.74) is 1.66. The molecule has 0 aliphatic carbocycles. The molecule has 0 saturated heterocycles. The highest BCUT2D eigenvalue weighted by atomic mass is 16.3. The van der Waals surface area contributed by atoms with Crippen molar-refractivity contribution in [1.29, 1.82) is 0 Å². The van der Waals surface area contributed by atoms with E-state index < -0.39 is 0 Å². The zero-order valence-electron chi connectivity index (χ0n) is 13.3. The van der Waals surface area contributed by atoms with Gasteiger partial charge in [0.15, 0.2) is 0 Å². The Morgan fingerprint density at radius 1 is 1.17 bits per heavy atom. The second kappa shape index (κ2) is 8.14. The number of benzene rings is 1. The Morgan fingerprint density at radius 3 is 2.52 bits per heavy atom. The number of furan rings is 1. The number of likely N-dealkylation sites (N-methyl/N-ethyl adjacent to an activating group) is 1. The number of carbonyl (C=O) groups is 2. The minimum atomic E-state index is -0.109. The van der Waals surface area contributed by atoms with Gasteiger partial charge >= 0.3 is 0 Å². The van der Waals surface area contributed by atoms with Crippen LogP contribution in [0.25, 0.3) is 0 Å². The molecule has 2 N–H and O–H groups in total. The van der Waals surface area contributed by atoms with Crippen LogP contribution in [0.15, 0.2) is 47.1 Å². The van der Waals surface area contributed by atoms with Gasteiger partial charge in [0.2, 0.25) is 5.91 Å². The van der Waals surface area contributed by atoms with Crippen molar-refractivity contribution in [3.8, 4) is 0 Å². The van der Waals surface area contributed by atoms with E-state index in [-0.39, 0.29) is 18.4 Å². The number of carbonyl (C=O) groups excluding carboxylic acids is 2. The van der Waals surface area contributed by atoms with Gasteiger partial charge in [-0.2, -0.15) is 0 Å². The topological polar surface area (TPSA) is 74.6 Å². The highest BCUT2D eigenvalue weighted by molar-refractivity contribution is 5.93. The molecule has 1 aromatic carbocycles. The van der Waals surface area contributed by atoms with Gasteiger partial charge in [0.05, 0.1) is 19.4 Å². The van der Waals surface area contributed by atoms with Crippen LogP contribution >= 0.6 is 0 Å². The fourth-order valence-corrected chi connectivity index (χ4v) is 2.17. The van der Waals surface area contributed by atoms with Crippen LogP contribution < -0.4 is 10.6 Å². The van der Waals surface area contributed by atoms with Crippen molar-refractivity contribution in [3.05, 3.63) is 59.5 Å². The summed E-state index contributed by atoms with van der Waals surface area (Å²) in [6, 6.07) is 10.9. The molecule has 1 aromatic heterocycles. The molecule has 0 bridgehead atoms. The van der Waals surface area contributed by atoms with E-state index in [1.54, 1.807) is 31.5 Å². The summed E-state index contributed by atoms with van der Waals surface area (Å²) in [7, 11) is 3.48. The van der Waals surface area contributed by atoms with Crippen LogP contribution in [0.2, 0.25) is 0 Å². The normalized spacial score (nSPS) is 10.6. The molecule has 0 atom stereocenters. The van der Waals surface area contributed by atoms with Gasteiger partial charge in [0.1, 0.15) is 5.76 Å². The molecule has 0 saturated carbocycles. The van der Waals surface area contributed by atoms with E-state index in [0.717, 1.165) is 11.3 Å². The molecule has 0 aliphatic rings. The van der Waals surface area contributed by atoms with Gasteiger partial charge in [-0.3, -0.25) is 14.5 Å². The second-order valence-electron chi connectivity index (χ2n) is 5.30. The Bertz CT molecular complexity index is 636. The largest absolute Gasteiger partial charge is 0.467 e. The molecule has 2 rings (SSSR count). The van der Waals surface area contributed by atoms with Crippen LogP contribution in [0.4, 0.5) is 0 Å². The molecule has 6 heteroatoms. The minimum Gasteiger partial charge on any atom is -0.467 e. The number of nitrogens with zero attached hydrogens (tertiary/aromatic N) is 1. The Balaban J connectivity index is 1.78. The Morgan fingerprint density at radius 2 is 1.91 bits per heavy atom. The van der Waals surface area contributed by atoms with Crippen molar-refractivity contribution in [2.24, 2.45) is 0 Å². The van der Waals surface area contributed by atoms with E-state index in [4.69, 9.17) is 4.42 Å². The minimum absolute atomic E-state index is 0.0640. The Hall–Kier alpha value is -2.60. The highest BCUT2D eigenvalue weighted by Crippen LogP contribution is 2.07. The summed E-state index contributed by atoms with van der Waals surface area (Å²) in [5.74, 6) is 0.555. The van der Waals surface area contributed by atoms with Gasteiger partial charge in [-0.25, -0.2) is 0 Å². The highest BCUT2D eigenvalue weighted by Gasteiger charge is 2.08. The fraction of sp³-hybridized carbons (Fsp3) is 0.294. The molecule has 0 aliphatic heterocycles. The first-order valence-electron chi connectivity index (χ1n) is 7.37. The first-order valence-corrected chi connectivity index (χ1v) is 7.37. The summed E-state index contributed by atoms with van der Waals surface area (Å²) in [4.78, 5) is 25.3. The van der Waals surface area contributed by atoms with Crippen molar-refractivity contribution >= 4 is 11.8 Å². The van der Waals surface area contributed by atoms with Gasteiger partial charge in [0, 0.05) is 19.2 Å². The maximum absolute atomic E-state index is 11.9. The van der Waals surface area contributed by atoms with Crippen LogP contribution in [0.3, 0.4) is 0 Å². The number of nitrogens with one attached hydrogen (secondary N) is 2. The third-order valence-corrected chi connectivity index (χ3v) is 3.35. The average Bonchev–Trinajstić information content (AvgIpc) is 3.06. The van der Waals surface area contributed by atoms with E-state index in [1.807, 2.05) is 30.1 Å². The molecule has 6 nitrogen and oxygen atoms in total. The standard InChI is InChI=1S/C17H21N3O3/c1-18-17(22)14-7-5-13(6-8-14)11-20(2)12-16(21)19-10-15-4-3-9-23-15/h3-9H,10-12H2,1-2H3,(H,18,22)(H,19,21). The maximum atomic E-state index is 11.9. The van der Waals surface area contributed by atoms with Gasteiger partial charge in [-0.15, -0.1) is 0 Å². The van der Waals surface area contributed by atoms with E-state index >= 15 is 0 Å². The van der Waals surface area contributed by atoms with Crippen LogP contribution in [0, 0.1) is 0 Å². The van der Waals surface area contributed by atoms with Crippen molar-refractivity contribution in [2.75, 3.05) is 20.6 Å². The number of rotatable bonds is 7. The molecule has 1 heterocycles. The van der Waals surface area contributed by atoms with Crippen LogP contribution in [-0.2, 0) is 17.9 Å². The second-order valence-corrected chi connectivity index (χ2v) is 5.30. The van der Waals surface area contributed by atoms with Gasteiger partial charge in [-0.1, -0.05) is 12.1 Å². The average molecular weight is 315 g/mol. The fourth-order valence-electron chi connectivity index (χ4n) is 2.17. The Kier molecular flexibility index (Phi) is 5.94. The lowest BCUT2D eigenvalue weighted by Crippen LogP contribution is -2.34. The van der Waals surface area contributed by atoms with Gasteiger partial charge in [0.25, 0.3) is 5.91 Å². The predicted molar refractivity (Wildman–Crippen MR) is 86.7 cm³/mol. The third kappa shape index (κ3) is 5.27. The molecule has 2 aromatic rings. The zero-order valence-corrected chi connectivity index (χ0v) is 13.3. The monoisotopic (exact) mass is 315 g/mol. The molecular formula is C17H21N3O3. The predicted octanol–water partition coefficient (Wildman–Crippen LogP) is 1.39. The quantitative estimate of drug-likeness (QED) is 0.810. The van der Waals surface area contributed by atoms with E-state index in [9.17, 15) is 9.59 Å². The van der Waals surface area contributed by atoms with Crippen molar-refractivity contribution < 1.29 is 14.0 Å². The van der Waals surface area contributed by atoms with Gasteiger partial charge < -0.3 is 15.1 Å². The summed E-state index contributed by atoms with van der Waals surface area (Å²) in [5, 5.41) is 5.39. The third-order valence-electron chi connectivity index (χ3n) is 3.35. The van der Waals surface area contributed by atoms with E-state index in [0.29, 0.717) is 18.7 Å². The molecule has 0 spiro atoms. The summed E-state index contributed by atoms with van der Waals surface area (Å²) < 4.78 is 5.16. The van der Waals surface area contributed by atoms with Crippen molar-refractivity contribution in [3.63, 3.8) is 0 Å². The molecule has 0 radical (unpaired) electrons. The van der Waals surface area contributed by atoms with E-state index in [1.165, 1.54) is 0 Å². The van der Waals surface area contributed by atoms with Gasteiger partial charge in [-0.05, 0) is 36.9 Å². The van der Waals surface area contributed by atoms with Crippen molar-refractivity contribution in [1.82, 2.24) is 15.5 Å². The lowest BCUT2D eigenvalue weighted by molar-refractivity contribution is -0.122. The Labute approximate surface area is 135 Å². The first kappa shape index (κ1) is 16.8. The lowest BCUT2D eigenvalue weighted by atomic mass is 10.1. The molecule has 122 valence electrons. The van der Waals surface area contributed by atoms with Crippen LogP contribution in [0.1, 0.15) is 21.7 Å². The first-order chi connectivity index (χ1) is 11.1. The summed E-state index contributed by atoms with van der Waals surface area (Å²) >= 11 is 0. The molecule has 0 fully saturated rings. The summed E-state index contributed by atoms with van der Waals surface area (Å²) in [6.45, 7) is 1.31. The molecular weight excluding hydrogens is 294 g/mol. The smallest absolute Gasteiger partial charge is 0.251 e. The van der Waals surface area contributed by atoms with Crippen LogP contribution in [-0.4, -0.2) is 37.4 Å². The summed E-state index contributed by atoms with van der Waals surface area (Å²) in [6.07, 6.45) is 1.58. The van der Waals surface area contributed by atoms with E-state index in [2.05, 4.69) is 10.6 Å². The lowest BCUT2D eigenvalue weighted by Gasteiger charge is -2.16.